The number of anilines is 1. The first-order valence-corrected chi connectivity index (χ1v) is 5.02. The maximum Gasteiger partial charge on any atom is 0.289 e. The molecule has 0 saturated carbocycles. The van der Waals surface area contributed by atoms with Crippen molar-refractivity contribution < 1.29 is 9.45 Å². The van der Waals surface area contributed by atoms with Crippen molar-refractivity contribution in [2.45, 2.75) is 6.54 Å². The third-order valence-corrected chi connectivity index (χ3v) is 2.27. The van der Waals surface area contributed by atoms with Gasteiger partial charge in [0.25, 0.3) is 5.69 Å². The summed E-state index contributed by atoms with van der Waals surface area (Å²) in [6, 6.07) is 7.78. The molecule has 0 aliphatic rings. The van der Waals surface area contributed by atoms with Crippen LogP contribution in [0, 0.1) is 21.4 Å². The molecule has 0 bridgehead atoms. The SMILES string of the molecule is N#Cc1ccc(NCc2ccno2)cc1[N+](=O)[O-]. The molecule has 7 nitrogen and oxygen atoms in total. The molecule has 0 aliphatic carbocycles. The molecule has 1 heterocycles. The van der Waals surface area contributed by atoms with Gasteiger partial charge in [-0.25, -0.2) is 0 Å². The smallest absolute Gasteiger partial charge is 0.289 e. The standard InChI is InChI=1S/C11H8N4O3/c12-6-8-1-2-9(5-11(8)15(16)17)13-7-10-3-4-14-18-10/h1-5,13H,7H2. The van der Waals surface area contributed by atoms with E-state index in [1.54, 1.807) is 18.2 Å². The molecule has 7 heteroatoms. The topological polar surface area (TPSA) is 105 Å². The summed E-state index contributed by atoms with van der Waals surface area (Å²) in [5.41, 5.74) is 0.349. The number of nitriles is 1. The van der Waals surface area contributed by atoms with E-state index < -0.39 is 4.92 Å². The highest BCUT2D eigenvalue weighted by Gasteiger charge is 2.14. The minimum Gasteiger partial charge on any atom is -0.377 e. The Balaban J connectivity index is 2.17. The van der Waals surface area contributed by atoms with Crippen LogP contribution in [0.25, 0.3) is 0 Å². The average molecular weight is 244 g/mol. The molecule has 0 unspecified atom stereocenters. The summed E-state index contributed by atoms with van der Waals surface area (Å²) in [5, 5.41) is 26.0. The maximum absolute atomic E-state index is 10.8. The Morgan fingerprint density at radius 3 is 2.94 bits per heavy atom. The molecule has 2 aromatic rings. The van der Waals surface area contributed by atoms with Crippen LogP contribution in [0.5, 0.6) is 0 Å². The molecular formula is C11H8N4O3. The van der Waals surface area contributed by atoms with E-state index in [0.29, 0.717) is 18.0 Å². The van der Waals surface area contributed by atoms with Crippen molar-refractivity contribution in [2.75, 3.05) is 5.32 Å². The van der Waals surface area contributed by atoms with Gasteiger partial charge in [0.15, 0.2) is 5.76 Å². The van der Waals surface area contributed by atoms with Crippen LogP contribution in [0.1, 0.15) is 11.3 Å². The molecule has 0 atom stereocenters. The maximum atomic E-state index is 10.8. The van der Waals surface area contributed by atoms with Gasteiger partial charge in [0.1, 0.15) is 11.6 Å². The second kappa shape index (κ2) is 4.97. The highest BCUT2D eigenvalue weighted by Crippen LogP contribution is 2.22. The second-order valence-electron chi connectivity index (χ2n) is 3.43. The summed E-state index contributed by atoms with van der Waals surface area (Å²) in [5.74, 6) is 0.613. The lowest BCUT2D eigenvalue weighted by atomic mass is 10.2. The van der Waals surface area contributed by atoms with Crippen LogP contribution in [-0.2, 0) is 6.54 Å². The predicted octanol–water partition coefficient (Wildman–Crippen LogP) is 2.07. The highest BCUT2D eigenvalue weighted by molar-refractivity contribution is 5.59. The van der Waals surface area contributed by atoms with Gasteiger partial charge in [0, 0.05) is 17.8 Å². The first kappa shape index (κ1) is 11.6. The van der Waals surface area contributed by atoms with Gasteiger partial charge in [-0.05, 0) is 12.1 Å². The number of nitro groups is 1. The van der Waals surface area contributed by atoms with Crippen LogP contribution in [0.3, 0.4) is 0 Å². The van der Waals surface area contributed by atoms with Crippen LogP contribution in [0.15, 0.2) is 35.0 Å². The summed E-state index contributed by atoms with van der Waals surface area (Å²) in [7, 11) is 0. The van der Waals surface area contributed by atoms with E-state index in [0.717, 1.165) is 0 Å². The molecule has 1 aromatic heterocycles. The Labute approximate surface area is 102 Å². The third-order valence-electron chi connectivity index (χ3n) is 2.27. The second-order valence-corrected chi connectivity index (χ2v) is 3.43. The van der Waals surface area contributed by atoms with Crippen LogP contribution in [0.2, 0.25) is 0 Å². The molecule has 18 heavy (non-hydrogen) atoms. The van der Waals surface area contributed by atoms with E-state index in [1.165, 1.54) is 18.3 Å². The fraction of sp³-hybridized carbons (Fsp3) is 0.0909. The van der Waals surface area contributed by atoms with Crippen molar-refractivity contribution in [3.63, 3.8) is 0 Å². The first-order valence-electron chi connectivity index (χ1n) is 5.02. The highest BCUT2D eigenvalue weighted by atomic mass is 16.6. The van der Waals surface area contributed by atoms with E-state index >= 15 is 0 Å². The Morgan fingerprint density at radius 2 is 2.33 bits per heavy atom. The minimum absolute atomic E-state index is 0.0326. The molecule has 1 N–H and O–H groups in total. The lowest BCUT2D eigenvalue weighted by molar-refractivity contribution is -0.385. The first-order chi connectivity index (χ1) is 8.70. The van der Waals surface area contributed by atoms with Gasteiger partial charge in [0.05, 0.1) is 17.7 Å². The largest absolute Gasteiger partial charge is 0.377 e. The number of aromatic nitrogens is 1. The number of benzene rings is 1. The molecular weight excluding hydrogens is 236 g/mol. The number of hydrogen-bond acceptors (Lipinski definition) is 6. The van der Waals surface area contributed by atoms with E-state index in [2.05, 4.69) is 10.5 Å². The summed E-state index contributed by atoms with van der Waals surface area (Å²) < 4.78 is 4.88. The van der Waals surface area contributed by atoms with Gasteiger partial charge in [-0.2, -0.15) is 5.26 Å². The van der Waals surface area contributed by atoms with Gasteiger partial charge in [-0.15, -0.1) is 0 Å². The Hall–Kier alpha value is -2.88. The summed E-state index contributed by atoms with van der Waals surface area (Å²) in [6.07, 6.45) is 1.51. The van der Waals surface area contributed by atoms with Crippen molar-refractivity contribution in [3.8, 4) is 6.07 Å². The van der Waals surface area contributed by atoms with Crippen LogP contribution in [0.4, 0.5) is 11.4 Å². The van der Waals surface area contributed by atoms with Gasteiger partial charge in [-0.3, -0.25) is 10.1 Å². The molecule has 0 aliphatic heterocycles. The Morgan fingerprint density at radius 1 is 1.50 bits per heavy atom. The average Bonchev–Trinajstić information content (AvgIpc) is 2.89. The van der Waals surface area contributed by atoms with Crippen LogP contribution in [-0.4, -0.2) is 10.1 Å². The number of rotatable bonds is 4. The van der Waals surface area contributed by atoms with Gasteiger partial charge < -0.3 is 9.84 Å². The number of nitrogens with zero attached hydrogens (tertiary/aromatic N) is 3. The zero-order chi connectivity index (χ0) is 13.0. The lowest BCUT2D eigenvalue weighted by Crippen LogP contribution is -2.00. The van der Waals surface area contributed by atoms with Gasteiger partial charge in [0.2, 0.25) is 0 Å². The van der Waals surface area contributed by atoms with Gasteiger partial charge >= 0.3 is 0 Å². The Bertz CT molecular complexity index is 601. The fourth-order valence-corrected chi connectivity index (χ4v) is 1.41. The molecule has 0 spiro atoms. The van der Waals surface area contributed by atoms with E-state index in [-0.39, 0.29) is 11.3 Å². The summed E-state index contributed by atoms with van der Waals surface area (Å²) >= 11 is 0. The zero-order valence-electron chi connectivity index (χ0n) is 9.16. The summed E-state index contributed by atoms with van der Waals surface area (Å²) in [4.78, 5) is 10.2. The van der Waals surface area contributed by atoms with Crippen LogP contribution >= 0.6 is 0 Å². The molecule has 0 amide bonds. The molecule has 1 aromatic carbocycles. The van der Waals surface area contributed by atoms with Crippen molar-refractivity contribution in [3.05, 3.63) is 51.9 Å². The summed E-state index contributed by atoms with van der Waals surface area (Å²) in [6.45, 7) is 0.364. The van der Waals surface area contributed by atoms with Crippen LogP contribution < -0.4 is 5.32 Å². The molecule has 2 rings (SSSR count). The molecule has 90 valence electrons. The normalized spacial score (nSPS) is 9.72. The molecule has 0 radical (unpaired) electrons. The van der Waals surface area contributed by atoms with Crippen molar-refractivity contribution in [2.24, 2.45) is 0 Å². The zero-order valence-corrected chi connectivity index (χ0v) is 9.16. The minimum atomic E-state index is -0.585. The fourth-order valence-electron chi connectivity index (χ4n) is 1.41. The monoisotopic (exact) mass is 244 g/mol. The molecule has 0 fully saturated rings. The number of hydrogen-bond donors (Lipinski definition) is 1. The van der Waals surface area contributed by atoms with Crippen molar-refractivity contribution >= 4 is 11.4 Å². The third kappa shape index (κ3) is 2.44. The van der Waals surface area contributed by atoms with Crippen molar-refractivity contribution in [1.29, 1.82) is 5.26 Å². The van der Waals surface area contributed by atoms with E-state index in [9.17, 15) is 10.1 Å². The van der Waals surface area contributed by atoms with E-state index in [1.807, 2.05) is 0 Å². The molecule has 0 saturated heterocycles. The predicted molar refractivity (Wildman–Crippen MR) is 61.6 cm³/mol. The quantitative estimate of drug-likeness (QED) is 0.651. The van der Waals surface area contributed by atoms with E-state index in [4.69, 9.17) is 9.78 Å². The van der Waals surface area contributed by atoms with Crippen molar-refractivity contribution in [1.82, 2.24) is 5.16 Å². The van der Waals surface area contributed by atoms with Gasteiger partial charge in [-0.1, -0.05) is 5.16 Å². The Kier molecular flexibility index (Phi) is 3.20. The lowest BCUT2D eigenvalue weighted by Gasteiger charge is -2.04. The number of nitro benzene ring substituents is 1. The number of nitrogens with one attached hydrogen (secondary N) is 1.